The van der Waals surface area contributed by atoms with Gasteiger partial charge < -0.3 is 14.0 Å². The number of nitrogens with zero attached hydrogens (tertiary/aromatic N) is 3. The fourth-order valence-corrected chi connectivity index (χ4v) is 10.5. The Morgan fingerprint density at radius 2 is 0.594 bits per heavy atom. The predicted molar refractivity (Wildman–Crippen MR) is 292 cm³/mol. The summed E-state index contributed by atoms with van der Waals surface area (Å²) < 4.78 is 4.82. The number of hydrogen-bond donors (Lipinski definition) is 0. The van der Waals surface area contributed by atoms with Crippen molar-refractivity contribution in [3.05, 3.63) is 273 Å². The van der Waals surface area contributed by atoms with Gasteiger partial charge in [0.25, 0.3) is 0 Å². The van der Waals surface area contributed by atoms with Crippen molar-refractivity contribution >= 4 is 60.7 Å². The summed E-state index contributed by atoms with van der Waals surface area (Å²) in [6.45, 7) is 0. The highest BCUT2D eigenvalue weighted by Crippen LogP contribution is 2.45. The lowest BCUT2D eigenvalue weighted by Gasteiger charge is -2.26. The van der Waals surface area contributed by atoms with E-state index in [2.05, 4.69) is 287 Å². The maximum atomic E-state index is 2.44. The molecule has 0 aliphatic rings. The van der Waals surface area contributed by atoms with Crippen LogP contribution in [0.15, 0.2) is 273 Å². The number of anilines is 3. The van der Waals surface area contributed by atoms with Gasteiger partial charge in [0.1, 0.15) is 0 Å². The number of para-hydroxylation sites is 3. The minimum Gasteiger partial charge on any atom is -0.311 e. The van der Waals surface area contributed by atoms with Crippen molar-refractivity contribution in [3.63, 3.8) is 0 Å². The van der Waals surface area contributed by atoms with E-state index in [1.165, 1.54) is 82.6 Å². The molecular formula is C66H45N3. The number of benzene rings is 11. The van der Waals surface area contributed by atoms with Crippen LogP contribution in [0.5, 0.6) is 0 Å². The second-order valence-electron chi connectivity index (χ2n) is 17.7. The van der Waals surface area contributed by atoms with Gasteiger partial charge in [-0.2, -0.15) is 0 Å². The molecule has 69 heavy (non-hydrogen) atoms. The molecule has 3 nitrogen and oxygen atoms in total. The summed E-state index contributed by atoms with van der Waals surface area (Å²) in [6.07, 6.45) is 0. The van der Waals surface area contributed by atoms with Crippen LogP contribution in [0.4, 0.5) is 17.1 Å². The van der Waals surface area contributed by atoms with Gasteiger partial charge in [0.15, 0.2) is 0 Å². The highest BCUT2D eigenvalue weighted by atomic mass is 15.1. The van der Waals surface area contributed by atoms with Gasteiger partial charge in [-0.05, 0) is 136 Å². The fourth-order valence-electron chi connectivity index (χ4n) is 10.5. The second-order valence-corrected chi connectivity index (χ2v) is 17.7. The van der Waals surface area contributed by atoms with Gasteiger partial charge in [-0.1, -0.05) is 182 Å². The topological polar surface area (TPSA) is 13.1 Å². The lowest BCUT2D eigenvalue weighted by atomic mass is 9.94. The van der Waals surface area contributed by atoms with Crippen LogP contribution in [-0.4, -0.2) is 9.13 Å². The summed E-state index contributed by atoms with van der Waals surface area (Å²) in [5.74, 6) is 0. The van der Waals surface area contributed by atoms with Crippen molar-refractivity contribution in [2.45, 2.75) is 0 Å². The Morgan fingerprint density at radius 1 is 0.232 bits per heavy atom. The van der Waals surface area contributed by atoms with Crippen LogP contribution in [0.3, 0.4) is 0 Å². The summed E-state index contributed by atoms with van der Waals surface area (Å²) in [5, 5.41) is 4.95. The van der Waals surface area contributed by atoms with Crippen molar-refractivity contribution < 1.29 is 0 Å². The first-order valence-corrected chi connectivity index (χ1v) is 23.7. The number of rotatable bonds is 9. The molecule has 3 heteroatoms. The maximum Gasteiger partial charge on any atom is 0.0547 e. The average Bonchev–Trinajstić information content (AvgIpc) is 3.95. The van der Waals surface area contributed by atoms with Crippen LogP contribution in [0.1, 0.15) is 0 Å². The minimum atomic E-state index is 1.08. The predicted octanol–water partition coefficient (Wildman–Crippen LogP) is 18.0. The van der Waals surface area contributed by atoms with E-state index < -0.39 is 0 Å². The minimum absolute atomic E-state index is 1.08. The molecule has 11 aromatic carbocycles. The lowest BCUT2D eigenvalue weighted by molar-refractivity contribution is 1.18. The molecule has 13 rings (SSSR count). The third-order valence-electron chi connectivity index (χ3n) is 13.7. The molecule has 0 N–H and O–H groups in total. The highest BCUT2D eigenvalue weighted by molar-refractivity contribution is 6.21. The molecule has 2 aromatic heterocycles. The van der Waals surface area contributed by atoms with Crippen molar-refractivity contribution in [2.24, 2.45) is 0 Å². The molecule has 0 saturated heterocycles. The third kappa shape index (κ3) is 6.99. The Bertz CT molecular complexity index is 3860. The molecule has 0 unspecified atom stereocenters. The quantitative estimate of drug-likeness (QED) is 0.141. The van der Waals surface area contributed by atoms with E-state index in [9.17, 15) is 0 Å². The zero-order chi connectivity index (χ0) is 45.7. The average molecular weight is 880 g/mol. The molecule has 324 valence electrons. The van der Waals surface area contributed by atoms with Gasteiger partial charge in [-0.3, -0.25) is 0 Å². The van der Waals surface area contributed by atoms with Crippen LogP contribution in [0.25, 0.3) is 99.5 Å². The van der Waals surface area contributed by atoms with E-state index in [1.807, 2.05) is 0 Å². The standard InChI is InChI=1S/C66H45N3/c1-5-17-46(18-6-1)48-31-38-54(39-32-48)67(55-40-33-49(34-41-55)47-19-7-2-8-20-47)56-42-35-50(36-43-56)57-26-15-29-63-65(57)66-58(27-16-30-64(66)69(63)53-23-11-4-12-24-53)51-37-44-62-60(45-51)59-25-13-14-28-61(59)68(62)52-21-9-3-10-22-52/h1-45H. The molecule has 0 aliphatic heterocycles. The number of fused-ring (bicyclic) bond motifs is 6. The largest absolute Gasteiger partial charge is 0.311 e. The molecule has 0 bridgehead atoms. The molecule has 2 heterocycles. The molecule has 0 aliphatic carbocycles. The van der Waals surface area contributed by atoms with Crippen molar-refractivity contribution in [1.82, 2.24) is 9.13 Å². The van der Waals surface area contributed by atoms with Gasteiger partial charge in [-0.15, -0.1) is 0 Å². The SMILES string of the molecule is c1ccc(-c2ccc(N(c3ccc(-c4ccccc4)cc3)c3ccc(-c4cccc5c4c4c(-c6ccc7c(c6)c6ccccc6n7-c6ccccc6)cccc4n5-c4ccccc4)cc3)cc2)cc1. The maximum absolute atomic E-state index is 2.44. The van der Waals surface area contributed by atoms with Crippen LogP contribution < -0.4 is 4.90 Å². The van der Waals surface area contributed by atoms with E-state index in [0.29, 0.717) is 0 Å². The lowest BCUT2D eigenvalue weighted by Crippen LogP contribution is -2.09. The molecule has 0 radical (unpaired) electrons. The first-order valence-electron chi connectivity index (χ1n) is 23.7. The van der Waals surface area contributed by atoms with E-state index in [0.717, 1.165) is 34.0 Å². The van der Waals surface area contributed by atoms with E-state index in [-0.39, 0.29) is 0 Å². The monoisotopic (exact) mass is 879 g/mol. The van der Waals surface area contributed by atoms with Crippen LogP contribution in [0.2, 0.25) is 0 Å². The molecule has 0 atom stereocenters. The van der Waals surface area contributed by atoms with Gasteiger partial charge in [-0.25, -0.2) is 0 Å². The molecular weight excluding hydrogens is 835 g/mol. The number of hydrogen-bond acceptors (Lipinski definition) is 1. The Labute approximate surface area is 401 Å². The van der Waals surface area contributed by atoms with E-state index in [1.54, 1.807) is 0 Å². The summed E-state index contributed by atoms with van der Waals surface area (Å²) in [5.41, 5.74) is 19.8. The van der Waals surface area contributed by atoms with Gasteiger partial charge in [0, 0.05) is 50.0 Å². The zero-order valence-corrected chi connectivity index (χ0v) is 37.8. The Kier molecular flexibility index (Phi) is 9.84. The number of aromatic nitrogens is 2. The van der Waals surface area contributed by atoms with Gasteiger partial charge in [0.05, 0.1) is 22.1 Å². The van der Waals surface area contributed by atoms with Gasteiger partial charge in [0.2, 0.25) is 0 Å². The molecule has 0 fully saturated rings. The summed E-state index contributed by atoms with van der Waals surface area (Å²) in [7, 11) is 0. The van der Waals surface area contributed by atoms with Crippen LogP contribution >= 0.6 is 0 Å². The third-order valence-corrected chi connectivity index (χ3v) is 13.7. The molecule has 13 aromatic rings. The Hall–Kier alpha value is -9.18. The second kappa shape index (κ2) is 16.9. The first-order chi connectivity index (χ1) is 34.2. The van der Waals surface area contributed by atoms with Gasteiger partial charge >= 0.3 is 0 Å². The first kappa shape index (κ1) is 40.1. The van der Waals surface area contributed by atoms with Crippen molar-refractivity contribution in [1.29, 1.82) is 0 Å². The Morgan fingerprint density at radius 3 is 1.10 bits per heavy atom. The van der Waals surface area contributed by atoms with E-state index >= 15 is 0 Å². The summed E-state index contributed by atoms with van der Waals surface area (Å²) in [4.78, 5) is 2.36. The summed E-state index contributed by atoms with van der Waals surface area (Å²) in [6, 6.07) is 99.0. The zero-order valence-electron chi connectivity index (χ0n) is 37.8. The van der Waals surface area contributed by atoms with E-state index in [4.69, 9.17) is 0 Å². The van der Waals surface area contributed by atoms with Crippen LogP contribution in [0, 0.1) is 0 Å². The van der Waals surface area contributed by atoms with Crippen LogP contribution in [-0.2, 0) is 0 Å². The Balaban J connectivity index is 0.970. The van der Waals surface area contributed by atoms with Crippen molar-refractivity contribution in [2.75, 3.05) is 4.90 Å². The highest BCUT2D eigenvalue weighted by Gasteiger charge is 2.22. The summed E-state index contributed by atoms with van der Waals surface area (Å²) >= 11 is 0. The molecule has 0 spiro atoms. The van der Waals surface area contributed by atoms with Crippen molar-refractivity contribution in [3.8, 4) is 55.9 Å². The fraction of sp³-hybridized carbons (Fsp3) is 0. The smallest absolute Gasteiger partial charge is 0.0547 e. The normalized spacial score (nSPS) is 11.5. The molecule has 0 saturated carbocycles. The molecule has 0 amide bonds.